The highest BCUT2D eigenvalue weighted by Gasteiger charge is 2.35. The third kappa shape index (κ3) is 5.33. The molecular formula is C24H22N4O3. The van der Waals surface area contributed by atoms with Gasteiger partial charge in [-0.1, -0.05) is 36.4 Å². The highest BCUT2D eigenvalue weighted by Crippen LogP contribution is 2.23. The molecule has 2 amide bonds. The summed E-state index contributed by atoms with van der Waals surface area (Å²) in [7, 11) is 0. The number of anilines is 1. The molecule has 0 aliphatic carbocycles. The van der Waals surface area contributed by atoms with E-state index in [0.717, 1.165) is 12.1 Å². The Morgan fingerprint density at radius 1 is 0.839 bits per heavy atom. The van der Waals surface area contributed by atoms with Crippen LogP contribution in [0.5, 0.6) is 5.75 Å². The molecule has 156 valence electrons. The minimum absolute atomic E-state index is 0.235. The van der Waals surface area contributed by atoms with E-state index >= 15 is 0 Å². The normalized spacial score (nSPS) is 15.7. The molecule has 4 rings (SSSR count). The second kappa shape index (κ2) is 9.67. The van der Waals surface area contributed by atoms with E-state index in [2.05, 4.69) is 15.5 Å². The van der Waals surface area contributed by atoms with Crippen LogP contribution < -0.4 is 10.1 Å². The molecule has 0 spiro atoms. The molecule has 1 aliphatic rings. The van der Waals surface area contributed by atoms with Crippen LogP contribution in [-0.2, 0) is 4.79 Å². The van der Waals surface area contributed by atoms with Gasteiger partial charge in [0.25, 0.3) is 0 Å². The van der Waals surface area contributed by atoms with Crippen LogP contribution in [0.2, 0.25) is 0 Å². The van der Waals surface area contributed by atoms with Gasteiger partial charge in [0.2, 0.25) is 5.91 Å². The van der Waals surface area contributed by atoms with Crippen LogP contribution in [0.15, 0.2) is 95.2 Å². The van der Waals surface area contributed by atoms with Gasteiger partial charge in [-0.25, -0.2) is 4.79 Å². The first kappa shape index (κ1) is 20.3. The second-order valence-electron chi connectivity index (χ2n) is 7.10. The van der Waals surface area contributed by atoms with Gasteiger partial charge in [0, 0.05) is 12.2 Å². The van der Waals surface area contributed by atoms with Crippen molar-refractivity contribution in [1.29, 1.82) is 0 Å². The van der Waals surface area contributed by atoms with Crippen molar-refractivity contribution in [2.45, 2.75) is 18.9 Å². The van der Waals surface area contributed by atoms with Gasteiger partial charge >= 0.3 is 6.09 Å². The Bertz CT molecular complexity index is 1050. The fourth-order valence-electron chi connectivity index (χ4n) is 3.35. The summed E-state index contributed by atoms with van der Waals surface area (Å²) in [6, 6.07) is 24.8. The molecule has 0 radical (unpaired) electrons. The Kier molecular flexibility index (Phi) is 6.32. The molecule has 1 fully saturated rings. The zero-order chi connectivity index (χ0) is 21.5. The van der Waals surface area contributed by atoms with Crippen LogP contribution in [0.4, 0.5) is 21.9 Å². The summed E-state index contributed by atoms with van der Waals surface area (Å²) >= 11 is 0. The predicted molar refractivity (Wildman–Crippen MR) is 118 cm³/mol. The van der Waals surface area contributed by atoms with Gasteiger partial charge < -0.3 is 10.1 Å². The van der Waals surface area contributed by atoms with E-state index < -0.39 is 12.1 Å². The minimum Gasteiger partial charge on any atom is -0.410 e. The van der Waals surface area contributed by atoms with Crippen molar-refractivity contribution in [1.82, 2.24) is 4.90 Å². The molecule has 0 bridgehead atoms. The van der Waals surface area contributed by atoms with Gasteiger partial charge in [-0.05, 0) is 61.4 Å². The van der Waals surface area contributed by atoms with Crippen molar-refractivity contribution < 1.29 is 14.3 Å². The van der Waals surface area contributed by atoms with Crippen molar-refractivity contribution >= 4 is 29.1 Å². The number of nitrogens with one attached hydrogen (secondary N) is 1. The fraction of sp³-hybridized carbons (Fsp3) is 0.167. The number of amides is 2. The van der Waals surface area contributed by atoms with Crippen LogP contribution in [0, 0.1) is 0 Å². The molecular weight excluding hydrogens is 392 g/mol. The number of carbonyl (C=O) groups excluding carboxylic acids is 2. The SMILES string of the molecule is O=C(Nc1ccc(N=Nc2ccccc2)cc1)[C@@H]1CCCN1C(=O)Oc1ccccc1. The summed E-state index contributed by atoms with van der Waals surface area (Å²) in [6.45, 7) is 0.489. The third-order valence-electron chi connectivity index (χ3n) is 4.91. The minimum atomic E-state index is -0.561. The van der Waals surface area contributed by atoms with Gasteiger partial charge in [0.1, 0.15) is 11.8 Å². The number of azo groups is 1. The zero-order valence-corrected chi connectivity index (χ0v) is 16.8. The molecule has 1 N–H and O–H groups in total. The first-order valence-corrected chi connectivity index (χ1v) is 10.1. The molecule has 31 heavy (non-hydrogen) atoms. The van der Waals surface area contributed by atoms with E-state index in [1.165, 1.54) is 4.90 Å². The van der Waals surface area contributed by atoms with Crippen molar-refractivity contribution in [3.63, 3.8) is 0 Å². The smallest absolute Gasteiger partial charge is 0.410 e. The quantitative estimate of drug-likeness (QED) is 0.543. The van der Waals surface area contributed by atoms with Crippen molar-refractivity contribution in [3.8, 4) is 5.75 Å². The Balaban J connectivity index is 1.36. The Hall–Kier alpha value is -4.00. The summed E-state index contributed by atoms with van der Waals surface area (Å²) in [5.74, 6) is 0.222. The Morgan fingerprint density at radius 3 is 2.13 bits per heavy atom. The largest absolute Gasteiger partial charge is 0.415 e. The molecule has 0 aromatic heterocycles. The van der Waals surface area contributed by atoms with Crippen LogP contribution in [0.3, 0.4) is 0 Å². The van der Waals surface area contributed by atoms with Crippen molar-refractivity contribution in [2.75, 3.05) is 11.9 Å². The van der Waals surface area contributed by atoms with E-state index in [-0.39, 0.29) is 5.91 Å². The number of hydrogen-bond acceptors (Lipinski definition) is 5. The summed E-state index contributed by atoms with van der Waals surface area (Å²) in [5, 5.41) is 11.2. The van der Waals surface area contributed by atoms with E-state index in [0.29, 0.717) is 30.1 Å². The van der Waals surface area contributed by atoms with Crippen molar-refractivity contribution in [2.24, 2.45) is 10.2 Å². The zero-order valence-electron chi connectivity index (χ0n) is 16.8. The molecule has 7 heteroatoms. The second-order valence-corrected chi connectivity index (χ2v) is 7.10. The standard InChI is InChI=1S/C24H22N4O3/c29-23(22-12-7-17-28(22)24(30)31-21-10-5-2-6-11-21)25-18-13-15-20(16-14-18)27-26-19-8-3-1-4-9-19/h1-6,8-11,13-16,22H,7,12,17H2,(H,25,29)/t22-/m0/s1. The lowest BCUT2D eigenvalue weighted by molar-refractivity contribution is -0.119. The number of rotatable bonds is 5. The molecule has 1 heterocycles. The number of carbonyl (C=O) groups is 2. The first-order valence-electron chi connectivity index (χ1n) is 10.1. The molecule has 3 aromatic rings. The molecule has 1 atom stereocenters. The summed E-state index contributed by atoms with van der Waals surface area (Å²) in [5.41, 5.74) is 2.08. The lowest BCUT2D eigenvalue weighted by Gasteiger charge is -2.23. The molecule has 0 unspecified atom stereocenters. The average molecular weight is 414 g/mol. The van der Waals surface area contributed by atoms with Crippen LogP contribution >= 0.6 is 0 Å². The monoisotopic (exact) mass is 414 g/mol. The van der Waals surface area contributed by atoms with Crippen LogP contribution in [0.1, 0.15) is 12.8 Å². The summed E-state index contributed by atoms with van der Waals surface area (Å²) in [4.78, 5) is 26.8. The van der Waals surface area contributed by atoms with Gasteiger partial charge in [0.15, 0.2) is 0 Å². The van der Waals surface area contributed by atoms with Gasteiger partial charge in [-0.15, -0.1) is 0 Å². The Labute approximate surface area is 180 Å². The molecule has 1 saturated heterocycles. The van der Waals surface area contributed by atoms with Crippen molar-refractivity contribution in [3.05, 3.63) is 84.9 Å². The number of nitrogens with zero attached hydrogens (tertiary/aromatic N) is 3. The average Bonchev–Trinajstić information content (AvgIpc) is 3.30. The Morgan fingerprint density at radius 2 is 1.45 bits per heavy atom. The van der Waals surface area contributed by atoms with Gasteiger partial charge in [-0.3, -0.25) is 9.69 Å². The molecule has 0 saturated carbocycles. The summed E-state index contributed by atoms with van der Waals surface area (Å²) in [6.07, 6.45) is 0.834. The highest BCUT2D eigenvalue weighted by molar-refractivity contribution is 5.97. The van der Waals surface area contributed by atoms with E-state index in [1.807, 2.05) is 36.4 Å². The fourth-order valence-corrected chi connectivity index (χ4v) is 3.35. The number of ether oxygens (including phenoxy) is 1. The highest BCUT2D eigenvalue weighted by atomic mass is 16.6. The van der Waals surface area contributed by atoms with E-state index in [4.69, 9.17) is 4.74 Å². The van der Waals surface area contributed by atoms with Gasteiger partial charge in [0.05, 0.1) is 11.4 Å². The third-order valence-corrected chi connectivity index (χ3v) is 4.91. The number of para-hydroxylation sites is 1. The maximum Gasteiger partial charge on any atom is 0.415 e. The lowest BCUT2D eigenvalue weighted by Crippen LogP contribution is -2.44. The van der Waals surface area contributed by atoms with Crippen LogP contribution in [0.25, 0.3) is 0 Å². The number of likely N-dealkylation sites (tertiary alicyclic amines) is 1. The topological polar surface area (TPSA) is 83.4 Å². The number of hydrogen-bond donors (Lipinski definition) is 1. The summed E-state index contributed by atoms with van der Waals surface area (Å²) < 4.78 is 5.39. The molecule has 1 aliphatic heterocycles. The van der Waals surface area contributed by atoms with E-state index in [1.54, 1.807) is 48.5 Å². The maximum atomic E-state index is 12.8. The molecule has 7 nitrogen and oxygen atoms in total. The van der Waals surface area contributed by atoms with E-state index in [9.17, 15) is 9.59 Å². The van der Waals surface area contributed by atoms with Crippen LogP contribution in [-0.4, -0.2) is 29.5 Å². The number of benzene rings is 3. The maximum absolute atomic E-state index is 12.8. The van der Waals surface area contributed by atoms with Gasteiger partial charge in [-0.2, -0.15) is 10.2 Å². The lowest BCUT2D eigenvalue weighted by atomic mass is 10.2. The predicted octanol–water partition coefficient (Wildman–Crippen LogP) is 5.70. The molecule has 3 aromatic carbocycles. The first-order chi connectivity index (χ1) is 15.2.